The van der Waals surface area contributed by atoms with Gasteiger partial charge in [0.2, 0.25) is 0 Å². The minimum Gasteiger partial charge on any atom is -0.493 e. The van der Waals surface area contributed by atoms with E-state index in [4.69, 9.17) is 14.0 Å². The van der Waals surface area contributed by atoms with Crippen LogP contribution in [0.15, 0.2) is 39.6 Å². The molecule has 0 radical (unpaired) electrons. The van der Waals surface area contributed by atoms with Gasteiger partial charge in [-0.05, 0) is 57.0 Å². The van der Waals surface area contributed by atoms with Gasteiger partial charge in [0.25, 0.3) is 0 Å². The molecule has 0 spiro atoms. The number of imidazole rings is 1. The lowest BCUT2D eigenvalue weighted by atomic mass is 10.1. The normalized spacial score (nSPS) is 15.5. The summed E-state index contributed by atoms with van der Waals surface area (Å²) >= 11 is 0. The fourth-order valence-electron chi connectivity index (χ4n) is 4.44. The molecule has 8 nitrogen and oxygen atoms in total. The highest BCUT2D eigenvalue weighted by Crippen LogP contribution is 2.28. The highest BCUT2D eigenvalue weighted by molar-refractivity contribution is 5.93. The largest absolute Gasteiger partial charge is 0.493 e. The molecule has 1 N–H and O–H groups in total. The van der Waals surface area contributed by atoms with E-state index >= 15 is 0 Å². The van der Waals surface area contributed by atoms with E-state index in [0.29, 0.717) is 18.7 Å². The summed E-state index contributed by atoms with van der Waals surface area (Å²) in [6, 6.07) is 9.76. The molecule has 174 valence electrons. The Morgan fingerprint density at radius 2 is 1.94 bits per heavy atom. The molecule has 4 aromatic rings. The van der Waals surface area contributed by atoms with E-state index in [9.17, 15) is 4.79 Å². The van der Waals surface area contributed by atoms with Crippen LogP contribution >= 0.6 is 0 Å². The van der Waals surface area contributed by atoms with E-state index in [1.165, 1.54) is 0 Å². The monoisotopic (exact) mass is 450 g/mol. The Hall–Kier alpha value is -3.26. The molecule has 3 heterocycles. The summed E-state index contributed by atoms with van der Waals surface area (Å²) in [6.45, 7) is 7.08. The first-order valence-corrected chi connectivity index (χ1v) is 11.6. The van der Waals surface area contributed by atoms with Gasteiger partial charge in [0.15, 0.2) is 5.58 Å². The summed E-state index contributed by atoms with van der Waals surface area (Å²) in [7, 11) is 2.14. The molecule has 0 saturated carbocycles. The second kappa shape index (κ2) is 8.94. The lowest BCUT2D eigenvalue weighted by molar-refractivity contribution is 0.114. The van der Waals surface area contributed by atoms with Gasteiger partial charge in [-0.25, -0.2) is 4.79 Å². The molecule has 8 heteroatoms. The smallest absolute Gasteiger partial charge is 0.326 e. The van der Waals surface area contributed by atoms with Crippen LogP contribution in [0.3, 0.4) is 0 Å². The Bertz CT molecular complexity index is 1330. The topological polar surface area (TPSA) is 85.5 Å². The van der Waals surface area contributed by atoms with Gasteiger partial charge in [-0.3, -0.25) is 4.57 Å². The summed E-state index contributed by atoms with van der Waals surface area (Å²) in [5.41, 5.74) is 3.80. The molecule has 33 heavy (non-hydrogen) atoms. The van der Waals surface area contributed by atoms with Crippen LogP contribution < -0.4 is 15.2 Å². The number of benzene rings is 2. The van der Waals surface area contributed by atoms with E-state index in [2.05, 4.69) is 29.0 Å². The summed E-state index contributed by atoms with van der Waals surface area (Å²) in [6.07, 6.45) is 3.12. The van der Waals surface area contributed by atoms with E-state index in [1.807, 2.05) is 37.3 Å². The van der Waals surface area contributed by atoms with Gasteiger partial charge in [-0.15, -0.1) is 0 Å². The van der Waals surface area contributed by atoms with Crippen molar-refractivity contribution in [2.75, 3.05) is 26.7 Å². The summed E-state index contributed by atoms with van der Waals surface area (Å²) in [5, 5.41) is 4.94. The van der Waals surface area contributed by atoms with Crippen LogP contribution in [0.4, 0.5) is 0 Å². The fraction of sp³-hybridized carbons (Fsp3) is 0.440. The van der Waals surface area contributed by atoms with Crippen LogP contribution in [0.1, 0.15) is 37.4 Å². The Morgan fingerprint density at radius 3 is 2.73 bits per heavy atom. The van der Waals surface area contributed by atoms with E-state index in [0.717, 1.165) is 71.5 Å². The highest BCUT2D eigenvalue weighted by atomic mass is 16.5. The van der Waals surface area contributed by atoms with Gasteiger partial charge < -0.3 is 23.9 Å². The van der Waals surface area contributed by atoms with E-state index in [1.54, 1.807) is 4.57 Å². The lowest BCUT2D eigenvalue weighted by Crippen LogP contribution is -2.35. The molecule has 1 aliphatic heterocycles. The quantitative estimate of drug-likeness (QED) is 0.457. The first kappa shape index (κ1) is 21.6. The molecular formula is C25H30N4O4. The molecule has 0 unspecified atom stereocenters. The molecule has 0 amide bonds. The number of fused-ring (bicyclic) bond motifs is 2. The number of aromatic nitrogens is 3. The Kier molecular flexibility index (Phi) is 5.85. The van der Waals surface area contributed by atoms with Crippen molar-refractivity contribution in [2.45, 2.75) is 45.8 Å². The van der Waals surface area contributed by atoms with Crippen molar-refractivity contribution in [2.24, 2.45) is 0 Å². The fourth-order valence-corrected chi connectivity index (χ4v) is 4.44. The van der Waals surface area contributed by atoms with E-state index in [-0.39, 0.29) is 11.8 Å². The number of aromatic amines is 1. The average Bonchev–Trinajstić information content (AvgIpc) is 3.31. The average molecular weight is 451 g/mol. The van der Waals surface area contributed by atoms with Crippen LogP contribution in [0.2, 0.25) is 0 Å². The van der Waals surface area contributed by atoms with Crippen LogP contribution in [-0.4, -0.2) is 52.5 Å². The van der Waals surface area contributed by atoms with Gasteiger partial charge in [0, 0.05) is 30.6 Å². The Morgan fingerprint density at radius 1 is 1.15 bits per heavy atom. The first-order valence-electron chi connectivity index (χ1n) is 11.6. The standard InChI is InChI=1S/C25H30N4O4/c1-4-9-31-19-10-17(11-20(12-19)32-18-5-7-28(3)8-6-18)15-29-23-13-21-16(2)27-33-24(21)14-22(23)26-25(29)30/h10-14,18H,4-9,15H2,1-3H3,(H,26,30). The molecule has 5 rings (SSSR count). The summed E-state index contributed by atoms with van der Waals surface area (Å²) in [5.74, 6) is 1.56. The molecule has 1 aliphatic rings. The lowest BCUT2D eigenvalue weighted by Gasteiger charge is -2.29. The molecule has 1 fully saturated rings. The van der Waals surface area contributed by atoms with Crippen molar-refractivity contribution in [3.05, 3.63) is 52.1 Å². The van der Waals surface area contributed by atoms with Crippen LogP contribution in [-0.2, 0) is 6.54 Å². The SMILES string of the molecule is CCCOc1cc(Cn2c(=O)[nH]c3cc4onc(C)c4cc32)cc(OC2CCN(C)CC2)c1. The van der Waals surface area contributed by atoms with Gasteiger partial charge in [0.05, 0.1) is 29.9 Å². The number of nitrogens with zero attached hydrogens (tertiary/aromatic N) is 3. The minimum absolute atomic E-state index is 0.166. The second-order valence-corrected chi connectivity index (χ2v) is 8.93. The van der Waals surface area contributed by atoms with Crippen molar-refractivity contribution < 1.29 is 14.0 Å². The van der Waals surface area contributed by atoms with Crippen LogP contribution in [0.5, 0.6) is 11.5 Å². The number of piperidine rings is 1. The van der Waals surface area contributed by atoms with Crippen molar-refractivity contribution in [3.63, 3.8) is 0 Å². The maximum Gasteiger partial charge on any atom is 0.326 e. The van der Waals surface area contributed by atoms with Crippen molar-refractivity contribution in [1.29, 1.82) is 0 Å². The number of hydrogen-bond acceptors (Lipinski definition) is 6. The van der Waals surface area contributed by atoms with Gasteiger partial charge >= 0.3 is 5.69 Å². The van der Waals surface area contributed by atoms with E-state index < -0.39 is 0 Å². The second-order valence-electron chi connectivity index (χ2n) is 8.93. The predicted octanol–water partition coefficient (Wildman–Crippen LogP) is 4.09. The molecule has 0 bridgehead atoms. The first-order chi connectivity index (χ1) is 16.0. The third kappa shape index (κ3) is 4.48. The van der Waals surface area contributed by atoms with Crippen LogP contribution in [0.25, 0.3) is 22.0 Å². The van der Waals surface area contributed by atoms with Crippen molar-refractivity contribution in [1.82, 2.24) is 19.6 Å². The number of ether oxygens (including phenoxy) is 2. The number of nitrogens with one attached hydrogen (secondary N) is 1. The number of rotatable bonds is 7. The minimum atomic E-state index is -0.166. The maximum absolute atomic E-state index is 12.8. The van der Waals surface area contributed by atoms with Crippen molar-refractivity contribution >= 4 is 22.0 Å². The zero-order chi connectivity index (χ0) is 22.9. The predicted molar refractivity (Wildman–Crippen MR) is 127 cm³/mol. The van der Waals surface area contributed by atoms with Crippen LogP contribution in [0, 0.1) is 6.92 Å². The third-order valence-electron chi connectivity index (χ3n) is 6.27. The zero-order valence-electron chi connectivity index (χ0n) is 19.4. The molecule has 2 aromatic carbocycles. The summed E-state index contributed by atoms with van der Waals surface area (Å²) in [4.78, 5) is 18.1. The Balaban J connectivity index is 1.48. The van der Waals surface area contributed by atoms with Gasteiger partial charge in [-0.1, -0.05) is 12.1 Å². The van der Waals surface area contributed by atoms with Gasteiger partial charge in [0.1, 0.15) is 17.6 Å². The van der Waals surface area contributed by atoms with Crippen molar-refractivity contribution in [3.8, 4) is 11.5 Å². The number of likely N-dealkylation sites (tertiary alicyclic amines) is 1. The molecule has 2 aromatic heterocycles. The maximum atomic E-state index is 12.8. The zero-order valence-corrected chi connectivity index (χ0v) is 19.4. The highest BCUT2D eigenvalue weighted by Gasteiger charge is 2.19. The molecule has 0 atom stereocenters. The van der Waals surface area contributed by atoms with Gasteiger partial charge in [-0.2, -0.15) is 0 Å². The number of hydrogen-bond donors (Lipinski definition) is 1. The number of aryl methyl sites for hydroxylation is 1. The Labute approximate surface area is 192 Å². The molecule has 0 aliphatic carbocycles. The number of H-pyrrole nitrogens is 1. The molecular weight excluding hydrogens is 420 g/mol. The summed E-state index contributed by atoms with van der Waals surface area (Å²) < 4.78 is 19.4. The third-order valence-corrected chi connectivity index (χ3v) is 6.27. The molecule has 1 saturated heterocycles.